The Kier molecular flexibility index (Phi) is 4.33. The average Bonchev–Trinajstić information content (AvgIpc) is 3.16. The van der Waals surface area contributed by atoms with Gasteiger partial charge in [0.05, 0.1) is 16.8 Å². The molecular weight excluding hydrogens is 367 g/mol. The Morgan fingerprint density at radius 1 is 1.19 bits per heavy atom. The molecule has 134 valence electrons. The number of carbonyl (C=O) groups excluding carboxylic acids is 1. The lowest BCUT2D eigenvalue weighted by Gasteiger charge is -2.10. The fourth-order valence-electron chi connectivity index (χ4n) is 2.85. The standard InChI is InChI=1S/C20H14ClFN4O/c1-12-16(10-13-9-14(21)3-5-18(13)24-12)20(27)25-15-4-6-19(17(22)11-15)26-8-2-7-23-26/h2-11H,1H3,(H,25,27). The van der Waals surface area contributed by atoms with Crippen LogP contribution in [0.25, 0.3) is 16.6 Å². The number of hydrogen-bond donors (Lipinski definition) is 1. The topological polar surface area (TPSA) is 59.8 Å². The lowest BCUT2D eigenvalue weighted by atomic mass is 10.1. The van der Waals surface area contributed by atoms with Crippen molar-refractivity contribution in [1.29, 1.82) is 0 Å². The van der Waals surface area contributed by atoms with Crippen LogP contribution in [0, 0.1) is 12.7 Å². The normalized spacial score (nSPS) is 10.9. The van der Waals surface area contributed by atoms with Crippen molar-refractivity contribution < 1.29 is 9.18 Å². The second-order valence-electron chi connectivity index (χ2n) is 6.03. The quantitative estimate of drug-likeness (QED) is 0.556. The summed E-state index contributed by atoms with van der Waals surface area (Å²) in [5.74, 6) is -0.857. The molecule has 0 spiro atoms. The molecule has 7 heteroatoms. The van der Waals surface area contributed by atoms with Crippen molar-refractivity contribution in [3.8, 4) is 5.69 Å². The maximum absolute atomic E-state index is 14.4. The van der Waals surface area contributed by atoms with Crippen LogP contribution in [0.3, 0.4) is 0 Å². The summed E-state index contributed by atoms with van der Waals surface area (Å²) < 4.78 is 15.8. The number of halogens is 2. The van der Waals surface area contributed by atoms with Crippen LogP contribution in [-0.2, 0) is 0 Å². The first-order chi connectivity index (χ1) is 13.0. The van der Waals surface area contributed by atoms with Crippen LogP contribution in [0.1, 0.15) is 16.1 Å². The molecule has 0 bridgehead atoms. The number of aromatic nitrogens is 3. The van der Waals surface area contributed by atoms with Crippen LogP contribution >= 0.6 is 11.6 Å². The second kappa shape index (κ2) is 6.81. The Balaban J connectivity index is 1.63. The van der Waals surface area contributed by atoms with Gasteiger partial charge in [0.15, 0.2) is 5.82 Å². The third-order valence-electron chi connectivity index (χ3n) is 4.17. The summed E-state index contributed by atoms with van der Waals surface area (Å²) in [7, 11) is 0. The highest BCUT2D eigenvalue weighted by Crippen LogP contribution is 2.22. The first kappa shape index (κ1) is 17.2. The number of nitrogens with zero attached hydrogens (tertiary/aromatic N) is 3. The molecule has 0 atom stereocenters. The molecule has 0 aliphatic rings. The zero-order valence-corrected chi connectivity index (χ0v) is 15.0. The number of rotatable bonds is 3. The summed E-state index contributed by atoms with van der Waals surface area (Å²) in [5.41, 5.74) is 2.38. The number of benzene rings is 2. The average molecular weight is 381 g/mol. The molecule has 0 radical (unpaired) electrons. The minimum atomic E-state index is -0.489. The lowest BCUT2D eigenvalue weighted by Crippen LogP contribution is -2.14. The van der Waals surface area contributed by atoms with Crippen LogP contribution in [-0.4, -0.2) is 20.7 Å². The van der Waals surface area contributed by atoms with Gasteiger partial charge in [0, 0.05) is 28.5 Å². The summed E-state index contributed by atoms with van der Waals surface area (Å²) in [5, 5.41) is 8.04. The minimum Gasteiger partial charge on any atom is -0.322 e. The van der Waals surface area contributed by atoms with Crippen molar-refractivity contribution in [2.24, 2.45) is 0 Å². The Labute approximate surface area is 159 Å². The number of pyridine rings is 1. The van der Waals surface area contributed by atoms with Gasteiger partial charge in [-0.25, -0.2) is 9.07 Å². The first-order valence-electron chi connectivity index (χ1n) is 8.19. The Bertz CT molecular complexity index is 1160. The summed E-state index contributed by atoms with van der Waals surface area (Å²) in [4.78, 5) is 17.1. The molecule has 0 unspecified atom stereocenters. The van der Waals surface area contributed by atoms with Crippen molar-refractivity contribution in [1.82, 2.24) is 14.8 Å². The first-order valence-corrected chi connectivity index (χ1v) is 8.57. The molecule has 0 saturated heterocycles. The summed E-state index contributed by atoms with van der Waals surface area (Å²) in [6, 6.07) is 13.2. The number of nitrogens with one attached hydrogen (secondary N) is 1. The molecule has 4 aromatic rings. The molecule has 2 heterocycles. The lowest BCUT2D eigenvalue weighted by molar-refractivity contribution is 0.102. The van der Waals surface area contributed by atoms with Crippen molar-refractivity contribution in [3.63, 3.8) is 0 Å². The van der Waals surface area contributed by atoms with Crippen LogP contribution in [0.4, 0.5) is 10.1 Å². The van der Waals surface area contributed by atoms with Crippen molar-refractivity contribution in [2.75, 3.05) is 5.32 Å². The van der Waals surface area contributed by atoms with Gasteiger partial charge < -0.3 is 5.32 Å². The molecule has 4 rings (SSSR count). The van der Waals surface area contributed by atoms with E-state index in [9.17, 15) is 9.18 Å². The van der Waals surface area contributed by atoms with Gasteiger partial charge in [0.1, 0.15) is 5.69 Å². The molecule has 1 N–H and O–H groups in total. The second-order valence-corrected chi connectivity index (χ2v) is 6.47. The van der Waals surface area contributed by atoms with E-state index < -0.39 is 5.82 Å². The van der Waals surface area contributed by atoms with Crippen molar-refractivity contribution >= 4 is 34.1 Å². The number of amides is 1. The van der Waals surface area contributed by atoms with Crippen LogP contribution in [0.2, 0.25) is 5.02 Å². The van der Waals surface area contributed by atoms with E-state index >= 15 is 0 Å². The van der Waals surface area contributed by atoms with Gasteiger partial charge in [-0.3, -0.25) is 9.78 Å². The molecule has 0 fully saturated rings. The maximum Gasteiger partial charge on any atom is 0.257 e. The molecule has 5 nitrogen and oxygen atoms in total. The third-order valence-corrected chi connectivity index (χ3v) is 4.40. The SMILES string of the molecule is Cc1nc2ccc(Cl)cc2cc1C(=O)Nc1ccc(-n2cccn2)c(F)c1. The minimum absolute atomic E-state index is 0.302. The summed E-state index contributed by atoms with van der Waals surface area (Å²) in [6.45, 7) is 1.75. The zero-order chi connectivity index (χ0) is 19.0. The number of fused-ring (bicyclic) bond motifs is 1. The van der Waals surface area contributed by atoms with E-state index in [0.717, 1.165) is 10.9 Å². The van der Waals surface area contributed by atoms with E-state index in [1.807, 2.05) is 0 Å². The van der Waals surface area contributed by atoms with Crippen LogP contribution in [0.5, 0.6) is 0 Å². The molecule has 0 aliphatic heterocycles. The van der Waals surface area contributed by atoms with E-state index in [1.54, 1.807) is 61.8 Å². The fraction of sp³-hybridized carbons (Fsp3) is 0.0500. The number of aryl methyl sites for hydroxylation is 1. The molecule has 0 saturated carbocycles. The number of carbonyl (C=O) groups is 1. The maximum atomic E-state index is 14.4. The van der Waals surface area contributed by atoms with Gasteiger partial charge in [-0.2, -0.15) is 5.10 Å². The van der Waals surface area contributed by atoms with Crippen LogP contribution in [0.15, 0.2) is 60.9 Å². The Hall–Kier alpha value is -3.25. The third kappa shape index (κ3) is 3.39. The van der Waals surface area contributed by atoms with Gasteiger partial charge >= 0.3 is 0 Å². The predicted octanol–water partition coefficient (Wildman–Crippen LogP) is 4.77. The van der Waals surface area contributed by atoms with E-state index in [2.05, 4.69) is 15.4 Å². The Morgan fingerprint density at radius 2 is 2.04 bits per heavy atom. The molecule has 2 aromatic heterocycles. The van der Waals surface area contributed by atoms with E-state index in [4.69, 9.17) is 11.6 Å². The molecule has 1 amide bonds. The van der Waals surface area contributed by atoms with Crippen molar-refractivity contribution in [2.45, 2.75) is 6.92 Å². The number of anilines is 1. The highest BCUT2D eigenvalue weighted by atomic mass is 35.5. The van der Waals surface area contributed by atoms with Gasteiger partial charge in [0.2, 0.25) is 0 Å². The number of hydrogen-bond acceptors (Lipinski definition) is 3. The highest BCUT2D eigenvalue weighted by Gasteiger charge is 2.14. The van der Waals surface area contributed by atoms with Gasteiger partial charge in [-0.05, 0) is 55.5 Å². The summed E-state index contributed by atoms with van der Waals surface area (Å²) >= 11 is 6.02. The van der Waals surface area contributed by atoms with E-state index in [1.165, 1.54) is 10.7 Å². The Morgan fingerprint density at radius 3 is 2.78 bits per heavy atom. The van der Waals surface area contributed by atoms with Gasteiger partial charge in [-0.15, -0.1) is 0 Å². The molecule has 2 aromatic carbocycles. The van der Waals surface area contributed by atoms with Gasteiger partial charge in [-0.1, -0.05) is 11.6 Å². The summed E-state index contributed by atoms with van der Waals surface area (Å²) in [6.07, 6.45) is 3.21. The van der Waals surface area contributed by atoms with E-state index in [-0.39, 0.29) is 5.91 Å². The molecule has 0 aliphatic carbocycles. The smallest absolute Gasteiger partial charge is 0.257 e. The highest BCUT2D eigenvalue weighted by molar-refractivity contribution is 6.31. The zero-order valence-electron chi connectivity index (χ0n) is 14.3. The van der Waals surface area contributed by atoms with Crippen molar-refractivity contribution in [3.05, 3.63) is 83.0 Å². The van der Waals surface area contributed by atoms with Crippen LogP contribution < -0.4 is 5.32 Å². The fourth-order valence-corrected chi connectivity index (χ4v) is 3.03. The predicted molar refractivity (Wildman–Crippen MR) is 103 cm³/mol. The molecule has 27 heavy (non-hydrogen) atoms. The molecular formula is C20H14ClFN4O. The monoisotopic (exact) mass is 380 g/mol. The largest absolute Gasteiger partial charge is 0.322 e. The van der Waals surface area contributed by atoms with E-state index in [0.29, 0.717) is 27.7 Å². The van der Waals surface area contributed by atoms with Gasteiger partial charge in [0.25, 0.3) is 5.91 Å².